The van der Waals surface area contributed by atoms with E-state index in [0.29, 0.717) is 29.9 Å². The van der Waals surface area contributed by atoms with Gasteiger partial charge in [-0.3, -0.25) is 0 Å². The summed E-state index contributed by atoms with van der Waals surface area (Å²) in [5, 5.41) is 19.3. The lowest BCUT2D eigenvalue weighted by atomic mass is 10.3. The zero-order valence-electron chi connectivity index (χ0n) is 9.38. The quantitative estimate of drug-likeness (QED) is 0.733. The van der Waals surface area contributed by atoms with Gasteiger partial charge in [0.15, 0.2) is 5.82 Å². The highest BCUT2D eigenvalue weighted by Crippen LogP contribution is 2.21. The zero-order valence-corrected chi connectivity index (χ0v) is 10.1. The highest BCUT2D eigenvalue weighted by Gasteiger charge is 2.30. The van der Waals surface area contributed by atoms with Crippen LogP contribution in [0.5, 0.6) is 0 Å². The summed E-state index contributed by atoms with van der Waals surface area (Å²) in [4.78, 5) is 10.0. The number of methoxy groups -OCH3 is 1. The number of halogens is 1. The molecule has 6 nitrogen and oxygen atoms in total. The molecule has 2 rings (SSSR count). The van der Waals surface area contributed by atoms with Crippen molar-refractivity contribution in [2.24, 2.45) is 0 Å². The molecule has 17 heavy (non-hydrogen) atoms. The molecule has 7 heteroatoms. The van der Waals surface area contributed by atoms with Gasteiger partial charge in [0.2, 0.25) is 0 Å². The number of anilines is 1. The maximum atomic E-state index is 9.48. The average molecular weight is 260 g/mol. The van der Waals surface area contributed by atoms with Gasteiger partial charge in [0, 0.05) is 26.3 Å². The second-order valence-electron chi connectivity index (χ2n) is 3.94. The van der Waals surface area contributed by atoms with Crippen molar-refractivity contribution in [1.29, 1.82) is 0 Å². The van der Waals surface area contributed by atoms with Crippen molar-refractivity contribution in [3.63, 3.8) is 0 Å². The van der Waals surface area contributed by atoms with Crippen molar-refractivity contribution < 1.29 is 14.9 Å². The van der Waals surface area contributed by atoms with Crippen LogP contribution in [-0.4, -0.2) is 52.6 Å². The Morgan fingerprint density at radius 1 is 1.41 bits per heavy atom. The third-order valence-corrected chi connectivity index (χ3v) is 2.78. The molecule has 1 saturated heterocycles. The molecule has 0 bridgehead atoms. The van der Waals surface area contributed by atoms with E-state index in [-0.39, 0.29) is 6.61 Å². The normalized spacial score (nSPS) is 24.4. The van der Waals surface area contributed by atoms with Gasteiger partial charge in [-0.15, -0.1) is 0 Å². The summed E-state index contributed by atoms with van der Waals surface area (Å²) in [6.45, 7) is 0.939. The van der Waals surface area contributed by atoms with Crippen LogP contribution in [0.4, 0.5) is 5.82 Å². The largest absolute Gasteiger partial charge is 0.389 e. The number of aromatic nitrogens is 2. The average Bonchev–Trinajstić information content (AvgIpc) is 2.59. The summed E-state index contributed by atoms with van der Waals surface area (Å²) in [6, 6.07) is 1.60. The Morgan fingerprint density at radius 2 is 2.06 bits per heavy atom. The molecule has 1 aromatic heterocycles. The van der Waals surface area contributed by atoms with Crippen molar-refractivity contribution in [1.82, 2.24) is 9.97 Å². The van der Waals surface area contributed by atoms with Crippen LogP contribution in [0.1, 0.15) is 5.82 Å². The van der Waals surface area contributed by atoms with Gasteiger partial charge in [0.25, 0.3) is 0 Å². The molecule has 0 spiro atoms. The summed E-state index contributed by atoms with van der Waals surface area (Å²) in [6.07, 6.45) is -1.51. The number of nitrogens with zero attached hydrogens (tertiary/aromatic N) is 3. The SMILES string of the molecule is COCc1nc(Cl)cc(N2CC(O)C(O)C2)n1. The molecule has 1 aromatic rings. The minimum atomic E-state index is -0.755. The summed E-state index contributed by atoms with van der Waals surface area (Å²) >= 11 is 5.88. The molecular formula is C10H14ClN3O3. The molecule has 0 amide bonds. The maximum Gasteiger partial charge on any atom is 0.158 e. The van der Waals surface area contributed by atoms with Crippen LogP contribution in [0.2, 0.25) is 5.15 Å². The van der Waals surface area contributed by atoms with Crippen LogP contribution in [0.15, 0.2) is 6.07 Å². The zero-order chi connectivity index (χ0) is 12.4. The lowest BCUT2D eigenvalue weighted by molar-refractivity contribution is 0.0572. The number of hydrogen-bond donors (Lipinski definition) is 2. The smallest absolute Gasteiger partial charge is 0.158 e. The molecule has 0 aliphatic carbocycles. The number of aliphatic hydroxyl groups excluding tert-OH is 2. The van der Waals surface area contributed by atoms with E-state index >= 15 is 0 Å². The molecular weight excluding hydrogens is 246 g/mol. The van der Waals surface area contributed by atoms with E-state index in [2.05, 4.69) is 9.97 Å². The predicted octanol–water partition coefficient (Wildman–Crippen LogP) is -0.182. The molecule has 2 heterocycles. The summed E-state index contributed by atoms with van der Waals surface area (Å²) < 4.78 is 4.94. The fourth-order valence-corrected chi connectivity index (χ4v) is 1.96. The van der Waals surface area contributed by atoms with Gasteiger partial charge >= 0.3 is 0 Å². The molecule has 1 aliphatic rings. The van der Waals surface area contributed by atoms with Gasteiger partial charge in [-0.2, -0.15) is 0 Å². The number of rotatable bonds is 3. The Labute approximate surface area is 104 Å². The van der Waals surface area contributed by atoms with E-state index in [4.69, 9.17) is 16.3 Å². The lowest BCUT2D eigenvalue weighted by Crippen LogP contribution is -2.23. The Kier molecular flexibility index (Phi) is 3.78. The fourth-order valence-electron chi connectivity index (χ4n) is 1.76. The number of β-amino-alcohol motifs (C(OH)–C–C–N with tert-alkyl or cyclic N) is 2. The van der Waals surface area contributed by atoms with Gasteiger partial charge in [-0.25, -0.2) is 9.97 Å². The van der Waals surface area contributed by atoms with Crippen molar-refractivity contribution in [3.05, 3.63) is 17.0 Å². The van der Waals surface area contributed by atoms with Gasteiger partial charge < -0.3 is 19.8 Å². The van der Waals surface area contributed by atoms with Crippen LogP contribution < -0.4 is 4.90 Å². The van der Waals surface area contributed by atoms with E-state index < -0.39 is 12.2 Å². The number of ether oxygens (including phenoxy) is 1. The first-order chi connectivity index (χ1) is 8.10. The highest BCUT2D eigenvalue weighted by molar-refractivity contribution is 6.29. The molecule has 0 radical (unpaired) electrons. The number of hydrogen-bond acceptors (Lipinski definition) is 6. The first kappa shape index (κ1) is 12.5. The van der Waals surface area contributed by atoms with E-state index in [1.807, 2.05) is 0 Å². The third-order valence-electron chi connectivity index (χ3n) is 2.58. The molecule has 2 N–H and O–H groups in total. The molecule has 0 aromatic carbocycles. The van der Waals surface area contributed by atoms with Gasteiger partial charge in [0.1, 0.15) is 17.6 Å². The van der Waals surface area contributed by atoms with Crippen molar-refractivity contribution in [3.8, 4) is 0 Å². The van der Waals surface area contributed by atoms with Gasteiger partial charge in [-0.05, 0) is 0 Å². The first-order valence-corrected chi connectivity index (χ1v) is 5.61. The van der Waals surface area contributed by atoms with E-state index in [1.165, 1.54) is 0 Å². The monoisotopic (exact) mass is 259 g/mol. The van der Waals surface area contributed by atoms with E-state index in [0.717, 1.165) is 0 Å². The van der Waals surface area contributed by atoms with Crippen molar-refractivity contribution in [2.45, 2.75) is 18.8 Å². The summed E-state index contributed by atoms with van der Waals surface area (Å²) in [7, 11) is 1.55. The minimum absolute atomic E-state index is 0.270. The molecule has 2 unspecified atom stereocenters. The second kappa shape index (κ2) is 5.14. The van der Waals surface area contributed by atoms with E-state index in [1.54, 1.807) is 18.1 Å². The Bertz CT molecular complexity index is 394. The van der Waals surface area contributed by atoms with E-state index in [9.17, 15) is 10.2 Å². The first-order valence-electron chi connectivity index (χ1n) is 5.23. The second-order valence-corrected chi connectivity index (χ2v) is 4.33. The topological polar surface area (TPSA) is 78.7 Å². The van der Waals surface area contributed by atoms with Crippen molar-refractivity contribution >= 4 is 17.4 Å². The molecule has 0 saturated carbocycles. The standard InChI is InChI=1S/C10H14ClN3O3/c1-17-5-9-12-8(11)2-10(13-9)14-3-6(15)7(16)4-14/h2,6-7,15-16H,3-5H2,1H3. The Balaban J connectivity index is 2.20. The molecule has 1 aliphatic heterocycles. The fraction of sp³-hybridized carbons (Fsp3) is 0.600. The molecule has 2 atom stereocenters. The molecule has 94 valence electrons. The Hall–Kier alpha value is -0.950. The maximum absolute atomic E-state index is 9.48. The lowest BCUT2D eigenvalue weighted by Gasteiger charge is -2.17. The molecule has 1 fully saturated rings. The summed E-state index contributed by atoms with van der Waals surface area (Å²) in [5.41, 5.74) is 0. The Morgan fingerprint density at radius 3 is 2.65 bits per heavy atom. The predicted molar refractivity (Wildman–Crippen MR) is 62.0 cm³/mol. The van der Waals surface area contributed by atoms with Crippen LogP contribution in [0, 0.1) is 0 Å². The number of aliphatic hydroxyl groups is 2. The van der Waals surface area contributed by atoms with Crippen LogP contribution in [0.25, 0.3) is 0 Å². The van der Waals surface area contributed by atoms with Gasteiger partial charge in [0.05, 0.1) is 12.2 Å². The van der Waals surface area contributed by atoms with Crippen LogP contribution >= 0.6 is 11.6 Å². The summed E-state index contributed by atoms with van der Waals surface area (Å²) in [5.74, 6) is 1.07. The van der Waals surface area contributed by atoms with Crippen LogP contribution in [-0.2, 0) is 11.3 Å². The minimum Gasteiger partial charge on any atom is -0.389 e. The van der Waals surface area contributed by atoms with Crippen LogP contribution in [0.3, 0.4) is 0 Å². The van der Waals surface area contributed by atoms with Gasteiger partial charge in [-0.1, -0.05) is 11.6 Å². The third kappa shape index (κ3) is 2.84. The highest BCUT2D eigenvalue weighted by atomic mass is 35.5. The van der Waals surface area contributed by atoms with Crippen molar-refractivity contribution in [2.75, 3.05) is 25.1 Å².